The van der Waals surface area contributed by atoms with E-state index >= 15 is 0 Å². The Morgan fingerprint density at radius 1 is 0.800 bits per heavy atom. The fourth-order valence-corrected chi connectivity index (χ4v) is 2.21. The van der Waals surface area contributed by atoms with Crippen LogP contribution in [0, 0.1) is 0 Å². The molecule has 0 spiro atoms. The average Bonchev–Trinajstić information content (AvgIpc) is 2.49. The summed E-state index contributed by atoms with van der Waals surface area (Å²) in [7, 11) is 1.68. The maximum absolute atomic E-state index is 5.57. The molecule has 20 heavy (non-hydrogen) atoms. The first-order chi connectivity index (χ1) is 9.86. The number of piperazine rings is 1. The highest BCUT2D eigenvalue weighted by atomic mass is 16.5. The van der Waals surface area contributed by atoms with Crippen LogP contribution in [0.2, 0.25) is 0 Å². The van der Waals surface area contributed by atoms with Crippen molar-refractivity contribution in [2.75, 3.05) is 86.0 Å². The fourth-order valence-electron chi connectivity index (χ4n) is 2.21. The molecule has 1 aliphatic rings. The molecule has 0 aromatic rings. The van der Waals surface area contributed by atoms with Crippen molar-refractivity contribution >= 4 is 0 Å². The van der Waals surface area contributed by atoms with Gasteiger partial charge >= 0.3 is 0 Å². The van der Waals surface area contributed by atoms with E-state index in [1.165, 1.54) is 0 Å². The number of hydrogen-bond acceptors (Lipinski definition) is 6. The lowest BCUT2D eigenvalue weighted by Crippen LogP contribution is -2.47. The SMILES string of the molecule is COCCOCCOCCN1CCN(CCCN)CC1. The standard InChI is InChI=1S/C14H31N3O3/c1-18-11-12-20-14-13-19-10-9-17-7-5-16(6-8-17)4-2-3-15/h2-15H2,1H3. The molecule has 1 fully saturated rings. The Bertz CT molecular complexity index is 212. The lowest BCUT2D eigenvalue weighted by Gasteiger charge is -2.34. The minimum atomic E-state index is 0.643. The van der Waals surface area contributed by atoms with Crippen molar-refractivity contribution < 1.29 is 14.2 Å². The molecule has 0 saturated carbocycles. The lowest BCUT2D eigenvalue weighted by atomic mass is 10.3. The number of rotatable bonds is 12. The second kappa shape index (κ2) is 12.5. The minimum Gasteiger partial charge on any atom is -0.382 e. The zero-order valence-electron chi connectivity index (χ0n) is 12.9. The summed E-state index contributed by atoms with van der Waals surface area (Å²) in [5, 5.41) is 0. The van der Waals surface area contributed by atoms with Crippen molar-refractivity contribution in [2.45, 2.75) is 6.42 Å². The lowest BCUT2D eigenvalue weighted by molar-refractivity contribution is 0.0158. The Kier molecular flexibility index (Phi) is 11.1. The molecule has 0 aromatic carbocycles. The van der Waals surface area contributed by atoms with E-state index in [0.717, 1.165) is 58.8 Å². The first-order valence-electron chi connectivity index (χ1n) is 7.66. The highest BCUT2D eigenvalue weighted by Crippen LogP contribution is 2.01. The smallest absolute Gasteiger partial charge is 0.0701 e. The van der Waals surface area contributed by atoms with Gasteiger partial charge in [0.2, 0.25) is 0 Å². The van der Waals surface area contributed by atoms with Gasteiger partial charge in [-0.25, -0.2) is 0 Å². The monoisotopic (exact) mass is 289 g/mol. The number of hydrogen-bond donors (Lipinski definition) is 1. The molecule has 0 aliphatic carbocycles. The predicted molar refractivity (Wildman–Crippen MR) is 80.1 cm³/mol. The molecule has 120 valence electrons. The predicted octanol–water partition coefficient (Wildman–Crippen LogP) is -0.368. The van der Waals surface area contributed by atoms with Gasteiger partial charge in [0.25, 0.3) is 0 Å². The molecule has 0 amide bonds. The van der Waals surface area contributed by atoms with Crippen LogP contribution in [0.3, 0.4) is 0 Å². The van der Waals surface area contributed by atoms with E-state index in [-0.39, 0.29) is 0 Å². The summed E-state index contributed by atoms with van der Waals surface area (Å²) < 4.78 is 15.8. The van der Waals surface area contributed by atoms with Crippen LogP contribution in [0.5, 0.6) is 0 Å². The molecular formula is C14H31N3O3. The minimum absolute atomic E-state index is 0.643. The summed E-state index contributed by atoms with van der Waals surface area (Å²) in [4.78, 5) is 4.96. The third-order valence-corrected chi connectivity index (χ3v) is 3.50. The van der Waals surface area contributed by atoms with Crippen LogP contribution in [-0.4, -0.2) is 95.8 Å². The van der Waals surface area contributed by atoms with Gasteiger partial charge in [-0.1, -0.05) is 0 Å². The molecule has 1 saturated heterocycles. The summed E-state index contributed by atoms with van der Waals surface area (Å²) in [5.41, 5.74) is 5.53. The summed E-state index contributed by atoms with van der Waals surface area (Å²) in [5.74, 6) is 0. The van der Waals surface area contributed by atoms with Gasteiger partial charge in [-0.15, -0.1) is 0 Å². The van der Waals surface area contributed by atoms with E-state index in [1.54, 1.807) is 7.11 Å². The molecular weight excluding hydrogens is 258 g/mol. The van der Waals surface area contributed by atoms with Crippen LogP contribution in [0.4, 0.5) is 0 Å². The molecule has 6 nitrogen and oxygen atoms in total. The topological polar surface area (TPSA) is 60.2 Å². The maximum atomic E-state index is 5.57. The van der Waals surface area contributed by atoms with E-state index < -0.39 is 0 Å². The fraction of sp³-hybridized carbons (Fsp3) is 1.00. The van der Waals surface area contributed by atoms with Crippen molar-refractivity contribution in [1.29, 1.82) is 0 Å². The van der Waals surface area contributed by atoms with Crippen LogP contribution in [-0.2, 0) is 14.2 Å². The highest BCUT2D eigenvalue weighted by Gasteiger charge is 2.15. The largest absolute Gasteiger partial charge is 0.382 e. The van der Waals surface area contributed by atoms with Gasteiger partial charge in [0, 0.05) is 39.8 Å². The molecule has 2 N–H and O–H groups in total. The first kappa shape index (κ1) is 17.8. The second-order valence-corrected chi connectivity index (χ2v) is 5.04. The maximum Gasteiger partial charge on any atom is 0.0701 e. The molecule has 0 radical (unpaired) electrons. The highest BCUT2D eigenvalue weighted by molar-refractivity contribution is 4.71. The zero-order valence-corrected chi connectivity index (χ0v) is 12.9. The van der Waals surface area contributed by atoms with E-state index in [0.29, 0.717) is 26.4 Å². The van der Waals surface area contributed by atoms with Crippen molar-refractivity contribution in [3.8, 4) is 0 Å². The van der Waals surface area contributed by atoms with E-state index in [9.17, 15) is 0 Å². The van der Waals surface area contributed by atoms with Crippen LogP contribution in [0.1, 0.15) is 6.42 Å². The Hall–Kier alpha value is -0.240. The molecule has 0 unspecified atom stereocenters. The summed E-state index contributed by atoms with van der Waals surface area (Å²) >= 11 is 0. The summed E-state index contributed by atoms with van der Waals surface area (Å²) in [6, 6.07) is 0. The molecule has 0 atom stereocenters. The van der Waals surface area contributed by atoms with Crippen molar-refractivity contribution in [2.24, 2.45) is 5.73 Å². The molecule has 1 aliphatic heterocycles. The van der Waals surface area contributed by atoms with Crippen LogP contribution in [0.25, 0.3) is 0 Å². The third kappa shape index (κ3) is 8.84. The zero-order chi connectivity index (χ0) is 14.5. The Morgan fingerprint density at radius 3 is 1.95 bits per heavy atom. The van der Waals surface area contributed by atoms with E-state index in [2.05, 4.69) is 9.80 Å². The van der Waals surface area contributed by atoms with Crippen molar-refractivity contribution in [1.82, 2.24) is 9.80 Å². The van der Waals surface area contributed by atoms with Gasteiger partial charge in [0.1, 0.15) is 0 Å². The number of nitrogens with two attached hydrogens (primary N) is 1. The molecule has 1 rings (SSSR count). The normalized spacial score (nSPS) is 17.7. The third-order valence-electron chi connectivity index (χ3n) is 3.50. The van der Waals surface area contributed by atoms with Gasteiger partial charge in [0.05, 0.1) is 33.0 Å². The van der Waals surface area contributed by atoms with E-state index in [1.807, 2.05) is 0 Å². The Morgan fingerprint density at radius 2 is 1.35 bits per heavy atom. The number of nitrogens with zero attached hydrogens (tertiary/aromatic N) is 2. The van der Waals surface area contributed by atoms with Gasteiger partial charge in [-0.2, -0.15) is 0 Å². The molecule has 1 heterocycles. The number of ether oxygens (including phenoxy) is 3. The Labute approximate surface area is 123 Å². The molecule has 0 bridgehead atoms. The van der Waals surface area contributed by atoms with Gasteiger partial charge in [-0.05, 0) is 19.5 Å². The number of methoxy groups -OCH3 is 1. The van der Waals surface area contributed by atoms with E-state index in [4.69, 9.17) is 19.9 Å². The van der Waals surface area contributed by atoms with Crippen LogP contribution in [0.15, 0.2) is 0 Å². The van der Waals surface area contributed by atoms with Crippen molar-refractivity contribution in [3.63, 3.8) is 0 Å². The average molecular weight is 289 g/mol. The second-order valence-electron chi connectivity index (χ2n) is 5.04. The quantitative estimate of drug-likeness (QED) is 0.495. The van der Waals surface area contributed by atoms with Gasteiger partial charge in [-0.3, -0.25) is 4.90 Å². The molecule has 6 heteroatoms. The first-order valence-corrected chi connectivity index (χ1v) is 7.66. The van der Waals surface area contributed by atoms with Crippen LogP contribution >= 0.6 is 0 Å². The van der Waals surface area contributed by atoms with Crippen LogP contribution < -0.4 is 5.73 Å². The molecule has 0 aromatic heterocycles. The van der Waals surface area contributed by atoms with Crippen molar-refractivity contribution in [3.05, 3.63) is 0 Å². The Balaban J connectivity index is 1.86. The van der Waals surface area contributed by atoms with Gasteiger partial charge < -0.3 is 24.8 Å². The summed E-state index contributed by atoms with van der Waals surface area (Å²) in [6.07, 6.45) is 1.10. The van der Waals surface area contributed by atoms with Gasteiger partial charge in [0.15, 0.2) is 0 Å². The summed E-state index contributed by atoms with van der Waals surface area (Å²) in [6.45, 7) is 10.9.